The van der Waals surface area contributed by atoms with Gasteiger partial charge in [-0.2, -0.15) is 5.26 Å². The summed E-state index contributed by atoms with van der Waals surface area (Å²) in [7, 11) is 0. The quantitative estimate of drug-likeness (QED) is 0.888. The molecule has 1 aromatic carbocycles. The molecule has 0 spiro atoms. The third-order valence-electron chi connectivity index (χ3n) is 3.78. The van der Waals surface area contributed by atoms with Gasteiger partial charge in [0.1, 0.15) is 5.41 Å². The Morgan fingerprint density at radius 2 is 2.00 bits per heavy atom. The molecular weight excluding hydrogens is 260 g/mol. The fourth-order valence-corrected chi connectivity index (χ4v) is 3.04. The maximum absolute atomic E-state index is 12.4. The molecule has 3 nitrogen and oxygen atoms in total. The lowest BCUT2D eigenvalue weighted by Crippen LogP contribution is -2.32. The minimum absolute atomic E-state index is 0.221. The molecule has 0 aliphatic heterocycles. The van der Waals surface area contributed by atoms with E-state index in [0.29, 0.717) is 23.6 Å². The minimum Gasteiger partial charge on any atom is -0.323 e. The van der Waals surface area contributed by atoms with E-state index in [9.17, 15) is 10.1 Å². The summed E-state index contributed by atoms with van der Waals surface area (Å²) in [5.74, 6) is -0.221. The highest BCUT2D eigenvalue weighted by atomic mass is 35.5. The van der Waals surface area contributed by atoms with Gasteiger partial charge in [-0.3, -0.25) is 4.79 Å². The Morgan fingerprint density at radius 1 is 1.37 bits per heavy atom. The zero-order chi connectivity index (χ0) is 14.0. The van der Waals surface area contributed by atoms with Crippen LogP contribution in [0, 0.1) is 30.6 Å². The predicted octanol–water partition coefficient (Wildman–Crippen LogP) is 3.98. The predicted molar refractivity (Wildman–Crippen MR) is 76.1 cm³/mol. The van der Waals surface area contributed by atoms with Crippen LogP contribution in [0.5, 0.6) is 0 Å². The topological polar surface area (TPSA) is 52.9 Å². The van der Waals surface area contributed by atoms with Crippen molar-refractivity contribution in [2.45, 2.75) is 39.5 Å². The number of hydrogen-bond donors (Lipinski definition) is 1. The second kappa shape index (κ2) is 5.22. The lowest BCUT2D eigenvalue weighted by Gasteiger charge is -2.21. The van der Waals surface area contributed by atoms with Gasteiger partial charge in [-0.05, 0) is 43.9 Å². The van der Waals surface area contributed by atoms with E-state index in [1.165, 1.54) is 0 Å². The second-order valence-electron chi connectivity index (χ2n) is 5.29. The van der Waals surface area contributed by atoms with Gasteiger partial charge >= 0.3 is 0 Å². The number of halogens is 1. The highest BCUT2D eigenvalue weighted by Gasteiger charge is 2.41. The number of benzene rings is 1. The number of rotatable bonds is 2. The maximum Gasteiger partial charge on any atom is 0.244 e. The standard InChI is InChI=1S/C15H17ClN2O/c1-10-7-11(2)13(12(16)8-10)18-14(19)15(9-17)5-3-4-6-15/h7-8H,3-6H2,1-2H3,(H,18,19). The Morgan fingerprint density at radius 3 is 2.53 bits per heavy atom. The van der Waals surface area contributed by atoms with Crippen LogP contribution in [0.1, 0.15) is 36.8 Å². The van der Waals surface area contributed by atoms with E-state index in [1.807, 2.05) is 26.0 Å². The van der Waals surface area contributed by atoms with Crippen molar-refractivity contribution in [3.63, 3.8) is 0 Å². The van der Waals surface area contributed by atoms with Crippen molar-refractivity contribution in [3.05, 3.63) is 28.3 Å². The highest BCUT2D eigenvalue weighted by molar-refractivity contribution is 6.34. The molecule has 1 amide bonds. The third kappa shape index (κ3) is 2.59. The van der Waals surface area contributed by atoms with E-state index in [2.05, 4.69) is 11.4 Å². The molecule has 19 heavy (non-hydrogen) atoms. The molecule has 1 N–H and O–H groups in total. The van der Waals surface area contributed by atoms with Gasteiger partial charge in [-0.1, -0.05) is 30.5 Å². The molecule has 0 saturated heterocycles. The number of carbonyl (C=O) groups excluding carboxylic acids is 1. The molecule has 1 saturated carbocycles. The number of aryl methyl sites for hydroxylation is 2. The van der Waals surface area contributed by atoms with Crippen LogP contribution < -0.4 is 5.32 Å². The molecule has 1 aromatic rings. The number of nitrogens with one attached hydrogen (secondary N) is 1. The Hall–Kier alpha value is -1.53. The molecule has 100 valence electrons. The number of carbonyl (C=O) groups is 1. The van der Waals surface area contributed by atoms with Gasteiger partial charge in [0.2, 0.25) is 5.91 Å². The normalized spacial score (nSPS) is 16.9. The summed E-state index contributed by atoms with van der Waals surface area (Å²) >= 11 is 6.18. The van der Waals surface area contributed by atoms with E-state index in [1.54, 1.807) is 0 Å². The van der Waals surface area contributed by atoms with Crippen LogP contribution in [0.15, 0.2) is 12.1 Å². The van der Waals surface area contributed by atoms with Crippen molar-refractivity contribution < 1.29 is 4.79 Å². The largest absolute Gasteiger partial charge is 0.323 e. The van der Waals surface area contributed by atoms with Crippen molar-refractivity contribution in [1.82, 2.24) is 0 Å². The van der Waals surface area contributed by atoms with E-state index in [-0.39, 0.29) is 5.91 Å². The fourth-order valence-electron chi connectivity index (χ4n) is 2.68. The average Bonchev–Trinajstić information content (AvgIpc) is 2.83. The second-order valence-corrected chi connectivity index (χ2v) is 5.70. The van der Waals surface area contributed by atoms with Gasteiger partial charge in [0.25, 0.3) is 0 Å². The molecule has 0 atom stereocenters. The molecule has 0 bridgehead atoms. The highest BCUT2D eigenvalue weighted by Crippen LogP contribution is 2.39. The molecule has 0 aromatic heterocycles. The number of nitrogens with zero attached hydrogens (tertiary/aromatic N) is 1. The number of hydrogen-bond acceptors (Lipinski definition) is 2. The lowest BCUT2D eigenvalue weighted by atomic mass is 9.87. The van der Waals surface area contributed by atoms with Crippen molar-refractivity contribution in [2.24, 2.45) is 5.41 Å². The molecular formula is C15H17ClN2O. The molecule has 1 aliphatic carbocycles. The molecule has 1 fully saturated rings. The molecule has 0 heterocycles. The van der Waals surface area contributed by atoms with Crippen LogP contribution in [0.4, 0.5) is 5.69 Å². The molecule has 0 unspecified atom stereocenters. The minimum atomic E-state index is -0.874. The SMILES string of the molecule is Cc1cc(C)c(NC(=O)C2(C#N)CCCC2)c(Cl)c1. The van der Waals surface area contributed by atoms with Gasteiger partial charge in [-0.15, -0.1) is 0 Å². The average molecular weight is 277 g/mol. The van der Waals surface area contributed by atoms with Crippen LogP contribution >= 0.6 is 11.6 Å². The summed E-state index contributed by atoms with van der Waals surface area (Å²) in [4.78, 5) is 12.4. The summed E-state index contributed by atoms with van der Waals surface area (Å²) in [6, 6.07) is 5.98. The Balaban J connectivity index is 2.27. The molecule has 0 radical (unpaired) electrons. The van der Waals surface area contributed by atoms with Gasteiger partial charge < -0.3 is 5.32 Å². The van der Waals surface area contributed by atoms with Gasteiger partial charge in [0.05, 0.1) is 16.8 Å². The summed E-state index contributed by atoms with van der Waals surface area (Å²) in [5.41, 5.74) is 1.72. The molecule has 1 aliphatic rings. The Kier molecular flexibility index (Phi) is 3.82. The van der Waals surface area contributed by atoms with Gasteiger partial charge in [0.15, 0.2) is 0 Å². The van der Waals surface area contributed by atoms with Crippen molar-refractivity contribution >= 4 is 23.2 Å². The van der Waals surface area contributed by atoms with Crippen LogP contribution in [0.2, 0.25) is 5.02 Å². The van der Waals surface area contributed by atoms with Gasteiger partial charge in [0, 0.05) is 0 Å². The van der Waals surface area contributed by atoms with Crippen LogP contribution in [-0.2, 0) is 4.79 Å². The van der Waals surface area contributed by atoms with Crippen LogP contribution in [0.3, 0.4) is 0 Å². The summed E-state index contributed by atoms with van der Waals surface area (Å²) in [6.07, 6.45) is 3.14. The maximum atomic E-state index is 12.4. The lowest BCUT2D eigenvalue weighted by molar-refractivity contribution is -0.122. The Labute approximate surface area is 118 Å². The zero-order valence-corrected chi connectivity index (χ0v) is 12.0. The van der Waals surface area contributed by atoms with Crippen molar-refractivity contribution in [2.75, 3.05) is 5.32 Å². The van der Waals surface area contributed by atoms with Crippen LogP contribution in [0.25, 0.3) is 0 Å². The Bertz CT molecular complexity index is 531. The first-order valence-electron chi connectivity index (χ1n) is 6.48. The van der Waals surface area contributed by atoms with Gasteiger partial charge in [-0.25, -0.2) is 0 Å². The summed E-state index contributed by atoms with van der Waals surface area (Å²) < 4.78 is 0. The van der Waals surface area contributed by atoms with Crippen molar-refractivity contribution in [3.8, 4) is 6.07 Å². The smallest absolute Gasteiger partial charge is 0.244 e. The molecule has 2 rings (SSSR count). The fraction of sp³-hybridized carbons (Fsp3) is 0.467. The zero-order valence-electron chi connectivity index (χ0n) is 11.2. The number of amides is 1. The summed E-state index contributed by atoms with van der Waals surface area (Å²) in [5, 5.41) is 12.7. The van der Waals surface area contributed by atoms with Crippen molar-refractivity contribution in [1.29, 1.82) is 5.26 Å². The van der Waals surface area contributed by atoms with E-state index >= 15 is 0 Å². The van der Waals surface area contributed by atoms with E-state index in [0.717, 1.165) is 24.0 Å². The first-order valence-corrected chi connectivity index (χ1v) is 6.86. The number of nitriles is 1. The first-order chi connectivity index (χ1) is 8.98. The van der Waals surface area contributed by atoms with E-state index < -0.39 is 5.41 Å². The van der Waals surface area contributed by atoms with E-state index in [4.69, 9.17) is 11.6 Å². The summed E-state index contributed by atoms with van der Waals surface area (Å²) in [6.45, 7) is 3.86. The monoisotopic (exact) mass is 276 g/mol. The van der Waals surface area contributed by atoms with Crippen LogP contribution in [-0.4, -0.2) is 5.91 Å². The first kappa shape index (κ1) is 13.9. The molecule has 4 heteroatoms. The number of anilines is 1. The third-order valence-corrected chi connectivity index (χ3v) is 4.07.